The van der Waals surface area contributed by atoms with Gasteiger partial charge in [0.25, 0.3) is 5.91 Å². The van der Waals surface area contributed by atoms with E-state index in [-0.39, 0.29) is 5.91 Å². The van der Waals surface area contributed by atoms with E-state index in [0.717, 1.165) is 5.69 Å². The van der Waals surface area contributed by atoms with Crippen LogP contribution in [0.25, 0.3) is 0 Å². The van der Waals surface area contributed by atoms with Gasteiger partial charge in [0.15, 0.2) is 0 Å². The summed E-state index contributed by atoms with van der Waals surface area (Å²) in [6, 6.07) is 17.8. The first-order chi connectivity index (χ1) is 12.1. The third-order valence-corrected chi connectivity index (χ3v) is 3.68. The highest BCUT2D eigenvalue weighted by Crippen LogP contribution is 2.21. The summed E-state index contributed by atoms with van der Waals surface area (Å²) < 4.78 is 5.16. The van der Waals surface area contributed by atoms with Crippen LogP contribution in [-0.4, -0.2) is 18.0 Å². The minimum atomic E-state index is -0.232. The minimum Gasteiger partial charge on any atom is -0.497 e. The minimum absolute atomic E-state index is 0.232. The Morgan fingerprint density at radius 1 is 1.04 bits per heavy atom. The van der Waals surface area contributed by atoms with E-state index in [0.29, 0.717) is 27.8 Å². The molecule has 0 spiro atoms. The van der Waals surface area contributed by atoms with Crippen LogP contribution in [0.4, 0.5) is 17.2 Å². The maximum absolute atomic E-state index is 12.4. The van der Waals surface area contributed by atoms with E-state index in [2.05, 4.69) is 15.6 Å². The van der Waals surface area contributed by atoms with E-state index in [1.807, 2.05) is 24.3 Å². The van der Waals surface area contributed by atoms with Crippen molar-refractivity contribution in [2.45, 2.75) is 0 Å². The second kappa shape index (κ2) is 7.68. The highest BCUT2D eigenvalue weighted by atomic mass is 35.5. The average molecular weight is 354 g/mol. The van der Waals surface area contributed by atoms with E-state index < -0.39 is 0 Å². The molecule has 1 aromatic heterocycles. The van der Waals surface area contributed by atoms with Gasteiger partial charge in [-0.05, 0) is 42.5 Å². The van der Waals surface area contributed by atoms with Crippen LogP contribution in [0.15, 0.2) is 66.9 Å². The molecule has 2 aromatic carbocycles. The summed E-state index contributed by atoms with van der Waals surface area (Å²) in [7, 11) is 1.58. The third kappa shape index (κ3) is 4.49. The lowest BCUT2D eigenvalue weighted by Gasteiger charge is -2.09. The van der Waals surface area contributed by atoms with Gasteiger partial charge in [-0.25, -0.2) is 4.98 Å². The Bertz CT molecular complexity index is 899. The first kappa shape index (κ1) is 16.8. The van der Waals surface area contributed by atoms with Crippen molar-refractivity contribution in [3.05, 3.63) is 77.4 Å². The number of carbonyl (C=O) groups excluding carboxylic acids is 1. The molecular weight excluding hydrogens is 338 g/mol. The van der Waals surface area contributed by atoms with Gasteiger partial charge < -0.3 is 15.4 Å². The number of benzene rings is 2. The number of anilines is 3. The van der Waals surface area contributed by atoms with Crippen LogP contribution in [0.2, 0.25) is 5.02 Å². The summed E-state index contributed by atoms with van der Waals surface area (Å²) in [5.41, 5.74) is 1.94. The molecule has 0 bridgehead atoms. The standard InChI is InChI=1S/C19H16ClN3O2/c1-25-17-7-3-6-16(12-17)23-19(24)13-8-9-21-18(10-13)22-15-5-2-4-14(20)11-15/h2-12H,1H3,(H,21,22)(H,23,24). The number of rotatable bonds is 5. The molecule has 0 aliphatic rings. The predicted octanol–water partition coefficient (Wildman–Crippen LogP) is 4.74. The van der Waals surface area contributed by atoms with Gasteiger partial charge in [-0.15, -0.1) is 0 Å². The molecule has 3 rings (SSSR count). The fourth-order valence-electron chi connectivity index (χ4n) is 2.26. The number of methoxy groups -OCH3 is 1. The fourth-order valence-corrected chi connectivity index (χ4v) is 2.45. The molecule has 5 nitrogen and oxygen atoms in total. The summed E-state index contributed by atoms with van der Waals surface area (Å²) in [4.78, 5) is 16.7. The first-order valence-electron chi connectivity index (χ1n) is 7.58. The van der Waals surface area contributed by atoms with Crippen LogP contribution in [0, 0.1) is 0 Å². The Morgan fingerprint density at radius 3 is 2.64 bits per heavy atom. The number of aromatic nitrogens is 1. The van der Waals surface area contributed by atoms with Gasteiger partial charge in [-0.1, -0.05) is 23.7 Å². The molecule has 1 heterocycles. The van der Waals surface area contributed by atoms with Crippen molar-refractivity contribution < 1.29 is 9.53 Å². The topological polar surface area (TPSA) is 63.2 Å². The van der Waals surface area contributed by atoms with E-state index in [1.165, 1.54) is 0 Å². The second-order valence-corrected chi connectivity index (χ2v) is 5.69. The van der Waals surface area contributed by atoms with E-state index in [4.69, 9.17) is 16.3 Å². The highest BCUT2D eigenvalue weighted by Gasteiger charge is 2.08. The van der Waals surface area contributed by atoms with E-state index >= 15 is 0 Å². The van der Waals surface area contributed by atoms with Crippen LogP contribution in [-0.2, 0) is 0 Å². The number of carbonyl (C=O) groups is 1. The normalized spacial score (nSPS) is 10.2. The summed E-state index contributed by atoms with van der Waals surface area (Å²) in [5.74, 6) is 1.00. The van der Waals surface area contributed by atoms with Crippen molar-refractivity contribution >= 4 is 34.7 Å². The molecule has 0 aliphatic carbocycles. The molecule has 3 aromatic rings. The summed E-state index contributed by atoms with van der Waals surface area (Å²) >= 11 is 5.97. The fraction of sp³-hybridized carbons (Fsp3) is 0.0526. The molecule has 2 N–H and O–H groups in total. The zero-order chi connectivity index (χ0) is 17.6. The molecule has 0 unspecified atom stereocenters. The van der Waals surface area contributed by atoms with Crippen LogP contribution >= 0.6 is 11.6 Å². The molecule has 25 heavy (non-hydrogen) atoms. The number of nitrogens with zero attached hydrogens (tertiary/aromatic N) is 1. The Labute approximate surface area is 150 Å². The van der Waals surface area contributed by atoms with Crippen molar-refractivity contribution in [1.29, 1.82) is 0 Å². The summed E-state index contributed by atoms with van der Waals surface area (Å²) in [5, 5.41) is 6.59. The molecule has 0 fully saturated rings. The van der Waals surface area contributed by atoms with Crippen LogP contribution in [0.5, 0.6) is 5.75 Å². The monoisotopic (exact) mass is 353 g/mol. The smallest absolute Gasteiger partial charge is 0.255 e. The molecular formula is C19H16ClN3O2. The van der Waals surface area contributed by atoms with Gasteiger partial charge in [-0.2, -0.15) is 0 Å². The number of pyridine rings is 1. The van der Waals surface area contributed by atoms with Crippen molar-refractivity contribution in [1.82, 2.24) is 4.98 Å². The lowest BCUT2D eigenvalue weighted by atomic mass is 10.2. The average Bonchev–Trinajstić information content (AvgIpc) is 2.62. The molecule has 6 heteroatoms. The van der Waals surface area contributed by atoms with Crippen molar-refractivity contribution in [2.24, 2.45) is 0 Å². The SMILES string of the molecule is COc1cccc(NC(=O)c2ccnc(Nc3cccc(Cl)c3)c2)c1. The maximum Gasteiger partial charge on any atom is 0.255 e. The summed E-state index contributed by atoms with van der Waals surface area (Å²) in [6.45, 7) is 0. The number of nitrogens with one attached hydrogen (secondary N) is 2. The number of ether oxygens (including phenoxy) is 1. The van der Waals surface area contributed by atoms with Crippen molar-refractivity contribution in [3.8, 4) is 5.75 Å². The number of hydrogen-bond donors (Lipinski definition) is 2. The predicted molar refractivity (Wildman–Crippen MR) is 99.9 cm³/mol. The lowest BCUT2D eigenvalue weighted by molar-refractivity contribution is 0.102. The van der Waals surface area contributed by atoms with Gasteiger partial charge in [0, 0.05) is 34.2 Å². The Morgan fingerprint density at radius 2 is 1.84 bits per heavy atom. The van der Waals surface area contributed by atoms with Crippen molar-refractivity contribution in [2.75, 3.05) is 17.7 Å². The molecule has 126 valence electrons. The first-order valence-corrected chi connectivity index (χ1v) is 7.96. The van der Waals surface area contributed by atoms with Crippen LogP contribution in [0.1, 0.15) is 10.4 Å². The zero-order valence-corrected chi connectivity index (χ0v) is 14.2. The summed E-state index contributed by atoms with van der Waals surface area (Å²) in [6.07, 6.45) is 1.58. The van der Waals surface area contributed by atoms with Crippen molar-refractivity contribution in [3.63, 3.8) is 0 Å². The largest absolute Gasteiger partial charge is 0.497 e. The molecule has 0 saturated heterocycles. The van der Waals surface area contributed by atoms with Gasteiger partial charge in [-0.3, -0.25) is 4.79 Å². The van der Waals surface area contributed by atoms with Gasteiger partial charge >= 0.3 is 0 Å². The highest BCUT2D eigenvalue weighted by molar-refractivity contribution is 6.30. The van der Waals surface area contributed by atoms with Gasteiger partial charge in [0.1, 0.15) is 11.6 Å². The second-order valence-electron chi connectivity index (χ2n) is 5.25. The van der Waals surface area contributed by atoms with E-state index in [1.54, 1.807) is 49.7 Å². The van der Waals surface area contributed by atoms with Crippen LogP contribution in [0.3, 0.4) is 0 Å². The molecule has 0 radical (unpaired) electrons. The third-order valence-electron chi connectivity index (χ3n) is 3.45. The molecule has 0 aliphatic heterocycles. The quantitative estimate of drug-likeness (QED) is 0.695. The maximum atomic E-state index is 12.4. The van der Waals surface area contributed by atoms with Gasteiger partial charge in [0.05, 0.1) is 7.11 Å². The van der Waals surface area contributed by atoms with E-state index in [9.17, 15) is 4.79 Å². The molecule has 0 saturated carbocycles. The number of halogens is 1. The molecule has 1 amide bonds. The zero-order valence-electron chi connectivity index (χ0n) is 13.5. The Kier molecular flexibility index (Phi) is 5.16. The van der Waals surface area contributed by atoms with Crippen LogP contribution < -0.4 is 15.4 Å². The number of hydrogen-bond acceptors (Lipinski definition) is 4. The van der Waals surface area contributed by atoms with Gasteiger partial charge in [0.2, 0.25) is 0 Å². The number of amides is 1. The Hall–Kier alpha value is -3.05. The lowest BCUT2D eigenvalue weighted by Crippen LogP contribution is -2.12. The Balaban J connectivity index is 1.75. The molecule has 0 atom stereocenters.